The molecule has 0 saturated heterocycles. The minimum atomic E-state index is -1.19. The van der Waals surface area contributed by atoms with Crippen molar-refractivity contribution in [3.05, 3.63) is 65.7 Å². The van der Waals surface area contributed by atoms with E-state index < -0.39 is 10.8 Å². The molecule has 1 fully saturated rings. The van der Waals surface area contributed by atoms with E-state index in [9.17, 15) is 9.32 Å². The summed E-state index contributed by atoms with van der Waals surface area (Å²) < 4.78 is 13.5. The molecule has 0 heterocycles. The number of rotatable bonds is 8. The third-order valence-electron chi connectivity index (χ3n) is 5.51. The van der Waals surface area contributed by atoms with Gasteiger partial charge in [0, 0.05) is 17.0 Å². The molecular weight excluding hydrogens is 354 g/mol. The first kappa shape index (κ1) is 20.2. The van der Waals surface area contributed by atoms with Gasteiger partial charge >= 0.3 is 0 Å². The summed E-state index contributed by atoms with van der Waals surface area (Å²) in [4.78, 5) is 0.838. The molecule has 0 bridgehead atoms. The Morgan fingerprint density at radius 3 is 2.33 bits per heavy atom. The standard InChI is InChI=1S/C23H31NO2S/c1-18-12-14-21(15-13-18)27(26)23(16-19-8-4-2-5-9-19)22(17-25)24-20-10-6-3-7-11-20/h2,4-5,8-9,12-15,20,22-25H,3,6-7,10-11,16-17H2,1H3/t22-,23?,27?/m0/s1. The average molecular weight is 386 g/mol. The Hall–Kier alpha value is -1.49. The lowest BCUT2D eigenvalue weighted by molar-refractivity contribution is 0.214. The number of aliphatic hydroxyl groups excluding tert-OH is 1. The van der Waals surface area contributed by atoms with Gasteiger partial charge in [0.2, 0.25) is 0 Å². The van der Waals surface area contributed by atoms with Crippen molar-refractivity contribution in [2.75, 3.05) is 6.61 Å². The molecule has 0 amide bonds. The zero-order valence-corrected chi connectivity index (χ0v) is 17.0. The Labute approximate surface area is 165 Å². The van der Waals surface area contributed by atoms with Gasteiger partial charge in [-0.2, -0.15) is 0 Å². The first-order chi connectivity index (χ1) is 13.2. The van der Waals surface area contributed by atoms with Crippen LogP contribution in [0.4, 0.5) is 0 Å². The zero-order chi connectivity index (χ0) is 19.1. The van der Waals surface area contributed by atoms with Crippen molar-refractivity contribution in [2.45, 2.75) is 67.7 Å². The van der Waals surface area contributed by atoms with E-state index >= 15 is 0 Å². The van der Waals surface area contributed by atoms with Crippen molar-refractivity contribution >= 4 is 10.8 Å². The maximum atomic E-state index is 13.5. The molecule has 3 nitrogen and oxygen atoms in total. The summed E-state index contributed by atoms with van der Waals surface area (Å²) in [6.45, 7) is 2.04. The van der Waals surface area contributed by atoms with Gasteiger partial charge in [-0.1, -0.05) is 67.3 Å². The van der Waals surface area contributed by atoms with Crippen LogP contribution in [0.2, 0.25) is 0 Å². The first-order valence-electron chi connectivity index (χ1n) is 10.1. The second-order valence-corrected chi connectivity index (χ2v) is 9.30. The van der Waals surface area contributed by atoms with Crippen LogP contribution < -0.4 is 5.32 Å². The SMILES string of the molecule is Cc1ccc(S(=O)C(Cc2ccccc2)[C@H](CO)NC2CCCCC2)cc1. The smallest absolute Gasteiger partial charge is 0.0610 e. The van der Waals surface area contributed by atoms with Crippen LogP contribution in [-0.4, -0.2) is 33.3 Å². The van der Waals surface area contributed by atoms with Crippen LogP contribution in [0.25, 0.3) is 0 Å². The maximum absolute atomic E-state index is 13.5. The molecule has 27 heavy (non-hydrogen) atoms. The Bertz CT molecular complexity index is 711. The predicted molar refractivity (Wildman–Crippen MR) is 112 cm³/mol. The van der Waals surface area contributed by atoms with Gasteiger partial charge in [0.15, 0.2) is 0 Å². The number of aliphatic hydroxyl groups is 1. The number of hydrogen-bond donors (Lipinski definition) is 2. The molecule has 0 aromatic heterocycles. The summed E-state index contributed by atoms with van der Waals surface area (Å²) in [5.74, 6) is 0. The lowest BCUT2D eigenvalue weighted by Gasteiger charge is -2.32. The molecule has 1 aliphatic rings. The summed E-state index contributed by atoms with van der Waals surface area (Å²) in [6, 6.07) is 18.4. The molecule has 3 rings (SSSR count). The number of aryl methyl sites for hydroxylation is 1. The van der Waals surface area contributed by atoms with Gasteiger partial charge in [-0.15, -0.1) is 0 Å². The molecule has 3 atom stereocenters. The van der Waals surface area contributed by atoms with Crippen LogP contribution in [0.5, 0.6) is 0 Å². The Morgan fingerprint density at radius 2 is 1.70 bits per heavy atom. The molecule has 0 aliphatic heterocycles. The van der Waals surface area contributed by atoms with E-state index in [4.69, 9.17) is 0 Å². The highest BCUT2D eigenvalue weighted by Crippen LogP contribution is 2.22. The van der Waals surface area contributed by atoms with Gasteiger partial charge < -0.3 is 10.4 Å². The highest BCUT2D eigenvalue weighted by atomic mass is 32.2. The fraction of sp³-hybridized carbons (Fsp3) is 0.478. The molecule has 2 aromatic carbocycles. The van der Waals surface area contributed by atoms with E-state index in [1.54, 1.807) is 0 Å². The first-order valence-corrected chi connectivity index (χ1v) is 11.3. The number of benzene rings is 2. The normalized spacial score (nSPS) is 18.7. The van der Waals surface area contributed by atoms with Crippen LogP contribution in [-0.2, 0) is 17.2 Å². The van der Waals surface area contributed by atoms with Crippen molar-refractivity contribution in [3.63, 3.8) is 0 Å². The van der Waals surface area contributed by atoms with Crippen molar-refractivity contribution in [1.29, 1.82) is 0 Å². The summed E-state index contributed by atoms with van der Waals surface area (Å²) in [5.41, 5.74) is 2.32. The summed E-state index contributed by atoms with van der Waals surface area (Å²) >= 11 is 0. The van der Waals surface area contributed by atoms with E-state index in [1.807, 2.05) is 49.4 Å². The molecule has 4 heteroatoms. The highest BCUT2D eigenvalue weighted by Gasteiger charge is 2.30. The number of hydrogen-bond acceptors (Lipinski definition) is 3. The van der Waals surface area contributed by atoms with Crippen molar-refractivity contribution in [1.82, 2.24) is 5.32 Å². The summed E-state index contributed by atoms with van der Waals surface area (Å²) in [7, 11) is -1.19. The Kier molecular flexibility index (Phi) is 7.62. The molecule has 146 valence electrons. The lowest BCUT2D eigenvalue weighted by Crippen LogP contribution is -2.50. The molecular formula is C23H31NO2S. The van der Waals surface area contributed by atoms with Gasteiger partial charge in [-0.25, -0.2) is 0 Å². The van der Waals surface area contributed by atoms with E-state index in [0.29, 0.717) is 12.5 Å². The van der Waals surface area contributed by atoms with Crippen LogP contribution in [0.15, 0.2) is 59.5 Å². The van der Waals surface area contributed by atoms with Gasteiger partial charge in [0.25, 0.3) is 0 Å². The monoisotopic (exact) mass is 385 g/mol. The van der Waals surface area contributed by atoms with Gasteiger partial charge in [0.1, 0.15) is 0 Å². The fourth-order valence-corrected chi connectivity index (χ4v) is 5.47. The lowest BCUT2D eigenvalue weighted by atomic mass is 9.94. The minimum absolute atomic E-state index is 0.00556. The van der Waals surface area contributed by atoms with Gasteiger partial charge in [0.05, 0.1) is 22.7 Å². The van der Waals surface area contributed by atoms with Crippen molar-refractivity contribution in [2.24, 2.45) is 0 Å². The molecule has 0 radical (unpaired) electrons. The van der Waals surface area contributed by atoms with E-state index in [-0.39, 0.29) is 17.9 Å². The second-order valence-electron chi connectivity index (χ2n) is 7.63. The van der Waals surface area contributed by atoms with Crippen molar-refractivity contribution < 1.29 is 9.32 Å². The van der Waals surface area contributed by atoms with Crippen LogP contribution in [0, 0.1) is 6.92 Å². The molecule has 0 spiro atoms. The number of nitrogens with one attached hydrogen (secondary N) is 1. The third kappa shape index (κ3) is 5.74. The van der Waals surface area contributed by atoms with E-state index in [2.05, 4.69) is 17.4 Å². The van der Waals surface area contributed by atoms with Gasteiger partial charge in [-0.3, -0.25) is 4.21 Å². The molecule has 2 N–H and O–H groups in total. The third-order valence-corrected chi connectivity index (χ3v) is 7.29. The zero-order valence-electron chi connectivity index (χ0n) is 16.1. The minimum Gasteiger partial charge on any atom is -0.395 e. The average Bonchev–Trinajstić information content (AvgIpc) is 2.72. The van der Waals surface area contributed by atoms with E-state index in [1.165, 1.54) is 19.3 Å². The molecule has 2 unspecified atom stereocenters. The molecule has 1 aliphatic carbocycles. The molecule has 1 saturated carbocycles. The van der Waals surface area contributed by atoms with E-state index in [0.717, 1.165) is 28.9 Å². The second kappa shape index (κ2) is 10.2. The largest absolute Gasteiger partial charge is 0.395 e. The van der Waals surface area contributed by atoms with Crippen LogP contribution in [0.3, 0.4) is 0 Å². The predicted octanol–water partition coefficient (Wildman–Crippen LogP) is 4.00. The van der Waals surface area contributed by atoms with Crippen LogP contribution >= 0.6 is 0 Å². The van der Waals surface area contributed by atoms with Crippen molar-refractivity contribution in [3.8, 4) is 0 Å². The Morgan fingerprint density at radius 1 is 1.04 bits per heavy atom. The summed E-state index contributed by atoms with van der Waals surface area (Å²) in [5, 5.41) is 13.6. The molecule has 2 aromatic rings. The highest BCUT2D eigenvalue weighted by molar-refractivity contribution is 7.85. The topological polar surface area (TPSA) is 49.3 Å². The quantitative estimate of drug-likeness (QED) is 0.722. The summed E-state index contributed by atoms with van der Waals surface area (Å²) in [6.07, 6.45) is 6.74. The Balaban J connectivity index is 1.82. The van der Waals surface area contributed by atoms with Crippen LogP contribution in [0.1, 0.15) is 43.2 Å². The fourth-order valence-electron chi connectivity index (χ4n) is 3.91. The van der Waals surface area contributed by atoms with Gasteiger partial charge in [-0.05, 0) is 43.9 Å². The maximum Gasteiger partial charge on any atom is 0.0610 e.